The van der Waals surface area contributed by atoms with Crippen LogP contribution in [0, 0.1) is 5.82 Å². The van der Waals surface area contributed by atoms with Gasteiger partial charge in [0.25, 0.3) is 5.91 Å². The number of aliphatic hydroxyl groups excluding tert-OH is 1. The van der Waals surface area contributed by atoms with Crippen LogP contribution in [0.25, 0.3) is 22.3 Å². The molecule has 1 aliphatic heterocycles. The first-order valence-electron chi connectivity index (χ1n) is 9.79. The van der Waals surface area contributed by atoms with Crippen LogP contribution in [0.5, 0.6) is 0 Å². The minimum Gasteiger partial charge on any atom is -0.455 e. The minimum absolute atomic E-state index is 0.205. The van der Waals surface area contributed by atoms with Crippen molar-refractivity contribution in [2.75, 3.05) is 30.8 Å². The molecule has 1 aliphatic rings. The number of hydrogen-bond acceptors (Lipinski definition) is 5. The van der Waals surface area contributed by atoms with Crippen LogP contribution in [-0.4, -0.2) is 47.8 Å². The van der Waals surface area contributed by atoms with Crippen molar-refractivity contribution in [3.8, 4) is 11.3 Å². The Bertz CT molecular complexity index is 1160. The molecule has 0 spiro atoms. The first-order valence-corrected chi connectivity index (χ1v) is 11.3. The molecule has 3 aromatic rings. The first-order chi connectivity index (χ1) is 14.8. The number of furan rings is 1. The molecule has 2 heterocycles. The van der Waals surface area contributed by atoms with E-state index in [0.29, 0.717) is 33.5 Å². The van der Waals surface area contributed by atoms with Crippen molar-refractivity contribution in [2.24, 2.45) is 0 Å². The van der Waals surface area contributed by atoms with Gasteiger partial charge in [0, 0.05) is 35.9 Å². The van der Waals surface area contributed by atoms with Crippen molar-refractivity contribution < 1.29 is 27.7 Å². The maximum atomic E-state index is 13.4. The summed E-state index contributed by atoms with van der Waals surface area (Å²) < 4.78 is 39.5. The molecule has 0 bridgehead atoms. The molecule has 31 heavy (non-hydrogen) atoms. The number of carbonyl (C=O) groups is 1. The predicted octanol–water partition coefficient (Wildman–Crippen LogP) is 3.15. The zero-order chi connectivity index (χ0) is 22.3. The molecule has 0 aliphatic carbocycles. The molecule has 1 amide bonds. The number of rotatable bonds is 4. The number of benzene rings is 2. The third-order valence-electron chi connectivity index (χ3n) is 5.43. The fourth-order valence-corrected chi connectivity index (χ4v) is 4.89. The van der Waals surface area contributed by atoms with Gasteiger partial charge in [-0.15, -0.1) is 0 Å². The minimum atomic E-state index is -1.43. The summed E-state index contributed by atoms with van der Waals surface area (Å²) in [5, 5.41) is 13.0. The van der Waals surface area contributed by atoms with Gasteiger partial charge < -0.3 is 19.6 Å². The number of anilines is 1. The zero-order valence-electron chi connectivity index (χ0n) is 17.3. The fraction of sp³-hybridized carbons (Fsp3) is 0.318. The average molecular weight is 447 g/mol. The Morgan fingerprint density at radius 2 is 2.03 bits per heavy atom. The Balaban J connectivity index is 2.01. The van der Waals surface area contributed by atoms with Crippen molar-refractivity contribution in [3.05, 3.63) is 53.3 Å². The van der Waals surface area contributed by atoms with Crippen molar-refractivity contribution in [1.29, 1.82) is 0 Å². The van der Waals surface area contributed by atoms with Crippen LogP contribution in [0.2, 0.25) is 0 Å². The van der Waals surface area contributed by atoms with Gasteiger partial charge in [-0.25, -0.2) is 8.60 Å². The quantitative estimate of drug-likeness (QED) is 0.642. The molecule has 0 radical (unpaired) electrons. The van der Waals surface area contributed by atoms with Crippen LogP contribution in [0.3, 0.4) is 0 Å². The van der Waals surface area contributed by atoms with Crippen LogP contribution < -0.4 is 9.62 Å². The van der Waals surface area contributed by atoms with Gasteiger partial charge in [0.05, 0.1) is 36.6 Å². The van der Waals surface area contributed by atoms with E-state index in [9.17, 15) is 18.5 Å². The number of nitrogens with one attached hydrogen (secondary N) is 1. The van der Waals surface area contributed by atoms with E-state index < -0.39 is 22.8 Å². The number of fused-ring (bicyclic) bond motifs is 2. The lowest BCUT2D eigenvalue weighted by atomic mass is 10.0. The average Bonchev–Trinajstić information content (AvgIpc) is 3.06. The van der Waals surface area contributed by atoms with Gasteiger partial charge in [-0.3, -0.25) is 9.10 Å². The second kappa shape index (κ2) is 8.41. The highest BCUT2D eigenvalue weighted by molar-refractivity contribution is 7.85. The van der Waals surface area contributed by atoms with E-state index >= 15 is 0 Å². The highest BCUT2D eigenvalue weighted by Gasteiger charge is 2.32. The molecular weight excluding hydrogens is 423 g/mol. The second-order valence-electron chi connectivity index (χ2n) is 7.36. The van der Waals surface area contributed by atoms with E-state index in [4.69, 9.17) is 9.15 Å². The summed E-state index contributed by atoms with van der Waals surface area (Å²) >= 11 is 0. The van der Waals surface area contributed by atoms with Crippen LogP contribution in [0.1, 0.15) is 28.9 Å². The summed E-state index contributed by atoms with van der Waals surface area (Å²) in [6.45, 7) is 1.84. The Hall–Kier alpha value is -2.75. The van der Waals surface area contributed by atoms with Crippen molar-refractivity contribution in [2.45, 2.75) is 19.1 Å². The number of halogens is 1. The van der Waals surface area contributed by atoms with Gasteiger partial charge in [0.2, 0.25) is 0 Å². The van der Waals surface area contributed by atoms with Crippen molar-refractivity contribution in [1.82, 2.24) is 5.32 Å². The Labute approximate surface area is 181 Å². The molecule has 4 rings (SSSR count). The van der Waals surface area contributed by atoms with E-state index in [0.717, 1.165) is 5.56 Å². The van der Waals surface area contributed by atoms with Gasteiger partial charge in [-0.2, -0.15) is 0 Å². The summed E-state index contributed by atoms with van der Waals surface area (Å²) in [7, 11) is 0.0972. The monoisotopic (exact) mass is 446 g/mol. The van der Waals surface area contributed by atoms with E-state index in [1.807, 2.05) is 6.92 Å². The molecule has 2 aromatic carbocycles. The summed E-state index contributed by atoms with van der Waals surface area (Å²) in [4.78, 5) is 12.8. The second-order valence-corrected chi connectivity index (χ2v) is 8.60. The smallest absolute Gasteiger partial charge is 0.255 e. The Morgan fingerprint density at radius 1 is 1.32 bits per heavy atom. The van der Waals surface area contributed by atoms with E-state index in [2.05, 4.69) is 5.32 Å². The third kappa shape index (κ3) is 3.73. The lowest BCUT2D eigenvalue weighted by Gasteiger charge is -2.28. The number of ether oxygens (including phenoxy) is 1. The molecule has 7 nitrogen and oxygen atoms in total. The number of nitrogens with zero attached hydrogens (tertiary/aromatic N) is 1. The van der Waals surface area contributed by atoms with Gasteiger partial charge >= 0.3 is 0 Å². The summed E-state index contributed by atoms with van der Waals surface area (Å²) in [5.74, 6) is -0.425. The lowest BCUT2D eigenvalue weighted by molar-refractivity contribution is 0.0519. The van der Waals surface area contributed by atoms with Crippen LogP contribution in [0.15, 0.2) is 40.8 Å². The SMILES string of the molecule is CNC(=O)c1c(-c2ccc(F)cc2)oc2cc3c(cc12)C(C)OCC(CO)N3S(C)=O. The summed E-state index contributed by atoms with van der Waals surface area (Å²) in [6, 6.07) is 8.73. The molecule has 2 N–H and O–H groups in total. The fourth-order valence-electron chi connectivity index (χ4n) is 3.91. The third-order valence-corrected chi connectivity index (χ3v) is 6.48. The Kier molecular flexibility index (Phi) is 5.83. The number of carbonyl (C=O) groups excluding carboxylic acids is 1. The maximum absolute atomic E-state index is 13.4. The molecular formula is C22H23FN2O5S. The van der Waals surface area contributed by atoms with E-state index in [1.54, 1.807) is 28.6 Å². The molecule has 9 heteroatoms. The van der Waals surface area contributed by atoms with Gasteiger partial charge in [-0.1, -0.05) is 0 Å². The van der Waals surface area contributed by atoms with Crippen LogP contribution in [-0.2, 0) is 15.7 Å². The Morgan fingerprint density at radius 3 is 2.65 bits per heavy atom. The van der Waals surface area contributed by atoms with Crippen LogP contribution in [0.4, 0.5) is 10.1 Å². The highest BCUT2D eigenvalue weighted by atomic mass is 32.2. The topological polar surface area (TPSA) is 92.0 Å². The van der Waals surface area contributed by atoms with Gasteiger partial charge in [0.15, 0.2) is 0 Å². The molecule has 1 aromatic heterocycles. The molecule has 0 fully saturated rings. The summed E-state index contributed by atoms with van der Waals surface area (Å²) in [5.41, 5.74) is 2.64. The van der Waals surface area contributed by atoms with E-state index in [-0.39, 0.29) is 25.2 Å². The van der Waals surface area contributed by atoms with Crippen molar-refractivity contribution >= 4 is 33.5 Å². The maximum Gasteiger partial charge on any atom is 0.255 e. The molecule has 0 saturated heterocycles. The number of aliphatic hydroxyl groups is 1. The standard InChI is InChI=1S/C22H23FN2O5S/c1-12-16-8-17-19(9-18(16)25(31(3)28)15(10-26)11-29-12)30-21(20(17)22(27)24-2)13-4-6-14(23)7-5-13/h4-9,12,15,26H,10-11H2,1-3H3,(H,24,27). The number of amides is 1. The predicted molar refractivity (Wildman–Crippen MR) is 117 cm³/mol. The summed E-state index contributed by atoms with van der Waals surface area (Å²) in [6.07, 6.45) is 1.18. The van der Waals surface area contributed by atoms with E-state index in [1.165, 1.54) is 25.4 Å². The highest BCUT2D eigenvalue weighted by Crippen LogP contribution is 2.41. The molecule has 0 saturated carbocycles. The normalized spacial score (nSPS) is 19.7. The number of hydrogen-bond donors (Lipinski definition) is 2. The zero-order valence-corrected chi connectivity index (χ0v) is 18.2. The lowest BCUT2D eigenvalue weighted by Crippen LogP contribution is -2.41. The van der Waals surface area contributed by atoms with Gasteiger partial charge in [-0.05, 0) is 37.3 Å². The largest absolute Gasteiger partial charge is 0.455 e. The molecule has 164 valence electrons. The van der Waals surface area contributed by atoms with Crippen LogP contribution >= 0.6 is 0 Å². The first kappa shape index (κ1) is 21.5. The molecule has 3 atom stereocenters. The van der Waals surface area contributed by atoms with Crippen molar-refractivity contribution in [3.63, 3.8) is 0 Å². The molecule has 3 unspecified atom stereocenters. The van der Waals surface area contributed by atoms with Gasteiger partial charge in [0.1, 0.15) is 28.1 Å².